The van der Waals surface area contributed by atoms with Crippen LogP contribution in [0, 0.1) is 0 Å². The second-order valence-electron chi connectivity index (χ2n) is 5.87. The molecule has 1 aliphatic rings. The molecule has 0 radical (unpaired) electrons. The maximum atomic E-state index is 12.4. The van der Waals surface area contributed by atoms with Crippen LogP contribution in [0.2, 0.25) is 5.02 Å². The number of rotatable bonds is 5. The zero-order valence-corrected chi connectivity index (χ0v) is 14.5. The van der Waals surface area contributed by atoms with Crippen LogP contribution in [-0.2, 0) is 24.2 Å². The molecular weight excluding hydrogens is 328 g/mol. The molecule has 1 fully saturated rings. The van der Waals surface area contributed by atoms with E-state index in [2.05, 4.69) is 15.1 Å². The lowest BCUT2D eigenvalue weighted by atomic mass is 10.1. The zero-order chi connectivity index (χ0) is 16.9. The van der Waals surface area contributed by atoms with E-state index in [0.29, 0.717) is 42.9 Å². The highest BCUT2D eigenvalue weighted by molar-refractivity contribution is 6.31. The van der Waals surface area contributed by atoms with Crippen LogP contribution in [0.15, 0.2) is 28.7 Å². The van der Waals surface area contributed by atoms with E-state index in [1.165, 1.54) is 0 Å². The van der Waals surface area contributed by atoms with E-state index in [-0.39, 0.29) is 5.91 Å². The van der Waals surface area contributed by atoms with Gasteiger partial charge in [-0.2, -0.15) is 0 Å². The van der Waals surface area contributed by atoms with Crippen LogP contribution in [-0.4, -0.2) is 52.1 Å². The van der Waals surface area contributed by atoms with Crippen molar-refractivity contribution in [1.82, 2.24) is 20.0 Å². The number of nitrogens with zero attached hydrogens (tertiary/aromatic N) is 4. The van der Waals surface area contributed by atoms with E-state index in [1.54, 1.807) is 0 Å². The Bertz CT molecular complexity index is 695. The minimum atomic E-state index is 0.119. The molecule has 6 nitrogen and oxygen atoms in total. The van der Waals surface area contributed by atoms with Crippen molar-refractivity contribution in [2.75, 3.05) is 26.2 Å². The number of hydrogen-bond donors (Lipinski definition) is 0. The summed E-state index contributed by atoms with van der Waals surface area (Å²) in [5, 5.41) is 8.67. The average Bonchev–Trinajstić information content (AvgIpc) is 3.05. The molecular formula is C17H21ClN4O2. The summed E-state index contributed by atoms with van der Waals surface area (Å²) in [6, 6.07) is 7.49. The maximum Gasteiger partial charge on any atom is 0.230 e. The van der Waals surface area contributed by atoms with Crippen LogP contribution >= 0.6 is 11.6 Å². The largest absolute Gasteiger partial charge is 0.424 e. The Morgan fingerprint density at radius 1 is 1.17 bits per heavy atom. The fourth-order valence-electron chi connectivity index (χ4n) is 2.76. The summed E-state index contributed by atoms with van der Waals surface area (Å²) in [6.07, 6.45) is 1.10. The Balaban J connectivity index is 1.49. The molecule has 1 saturated heterocycles. The molecule has 3 rings (SSSR count). The molecule has 0 bridgehead atoms. The van der Waals surface area contributed by atoms with Crippen molar-refractivity contribution in [3.63, 3.8) is 0 Å². The fourth-order valence-corrected chi connectivity index (χ4v) is 2.96. The van der Waals surface area contributed by atoms with Gasteiger partial charge >= 0.3 is 0 Å². The van der Waals surface area contributed by atoms with Gasteiger partial charge < -0.3 is 9.32 Å². The monoisotopic (exact) mass is 348 g/mol. The molecule has 2 heterocycles. The van der Waals surface area contributed by atoms with Gasteiger partial charge in [-0.25, -0.2) is 0 Å². The molecule has 0 spiro atoms. The lowest BCUT2D eigenvalue weighted by Crippen LogP contribution is -2.48. The van der Waals surface area contributed by atoms with Gasteiger partial charge in [0.15, 0.2) is 0 Å². The number of aromatic nitrogens is 2. The molecule has 0 saturated carbocycles. The number of carbonyl (C=O) groups excluding carboxylic acids is 1. The van der Waals surface area contributed by atoms with Crippen LogP contribution < -0.4 is 0 Å². The van der Waals surface area contributed by atoms with Crippen molar-refractivity contribution in [2.45, 2.75) is 26.3 Å². The van der Waals surface area contributed by atoms with Crippen LogP contribution in [0.1, 0.15) is 24.3 Å². The molecule has 0 unspecified atom stereocenters. The number of halogens is 1. The molecule has 7 heteroatoms. The molecule has 1 amide bonds. The van der Waals surface area contributed by atoms with E-state index in [1.807, 2.05) is 36.1 Å². The Labute approximate surface area is 146 Å². The van der Waals surface area contributed by atoms with Gasteiger partial charge in [0.2, 0.25) is 17.7 Å². The number of hydrogen-bond acceptors (Lipinski definition) is 5. The third-order valence-electron chi connectivity index (χ3n) is 4.19. The van der Waals surface area contributed by atoms with Gasteiger partial charge in [-0.05, 0) is 11.6 Å². The first-order valence-electron chi connectivity index (χ1n) is 8.20. The van der Waals surface area contributed by atoms with Crippen LogP contribution in [0.4, 0.5) is 0 Å². The van der Waals surface area contributed by atoms with Gasteiger partial charge in [-0.1, -0.05) is 36.7 Å². The number of amides is 1. The second kappa shape index (κ2) is 7.77. The third-order valence-corrected chi connectivity index (χ3v) is 4.56. The smallest absolute Gasteiger partial charge is 0.230 e. The van der Waals surface area contributed by atoms with Gasteiger partial charge in [-0.3, -0.25) is 9.69 Å². The average molecular weight is 349 g/mol. The molecule has 2 aromatic rings. The molecule has 0 aliphatic carbocycles. The number of carbonyl (C=O) groups is 1. The first-order valence-corrected chi connectivity index (χ1v) is 8.58. The van der Waals surface area contributed by atoms with E-state index in [9.17, 15) is 4.79 Å². The summed E-state index contributed by atoms with van der Waals surface area (Å²) in [5.41, 5.74) is 0.879. The van der Waals surface area contributed by atoms with Crippen molar-refractivity contribution in [1.29, 1.82) is 0 Å². The summed E-state index contributed by atoms with van der Waals surface area (Å²) < 4.78 is 5.54. The van der Waals surface area contributed by atoms with Gasteiger partial charge in [-0.15, -0.1) is 10.2 Å². The Morgan fingerprint density at radius 2 is 1.88 bits per heavy atom. The molecule has 1 aromatic carbocycles. The van der Waals surface area contributed by atoms with Crippen LogP contribution in [0.25, 0.3) is 0 Å². The van der Waals surface area contributed by atoms with Crippen LogP contribution in [0.5, 0.6) is 0 Å². The molecule has 128 valence electrons. The highest BCUT2D eigenvalue weighted by Crippen LogP contribution is 2.17. The first kappa shape index (κ1) is 16.9. The van der Waals surface area contributed by atoms with Crippen molar-refractivity contribution >= 4 is 17.5 Å². The summed E-state index contributed by atoms with van der Waals surface area (Å²) in [5.74, 6) is 1.43. The summed E-state index contributed by atoms with van der Waals surface area (Å²) in [7, 11) is 0. The number of benzene rings is 1. The highest BCUT2D eigenvalue weighted by atomic mass is 35.5. The molecule has 1 aliphatic heterocycles. The Morgan fingerprint density at radius 3 is 2.54 bits per heavy atom. The number of aryl methyl sites for hydroxylation is 1. The normalized spacial score (nSPS) is 15.7. The zero-order valence-electron chi connectivity index (χ0n) is 13.7. The molecule has 0 N–H and O–H groups in total. The Kier molecular flexibility index (Phi) is 5.48. The van der Waals surface area contributed by atoms with Gasteiger partial charge in [0, 0.05) is 37.6 Å². The van der Waals surface area contributed by atoms with Crippen LogP contribution in [0.3, 0.4) is 0 Å². The van der Waals surface area contributed by atoms with E-state index >= 15 is 0 Å². The lowest BCUT2D eigenvalue weighted by molar-refractivity contribution is -0.132. The van der Waals surface area contributed by atoms with E-state index in [0.717, 1.165) is 25.1 Å². The summed E-state index contributed by atoms with van der Waals surface area (Å²) in [4.78, 5) is 16.6. The fraction of sp³-hybridized carbons (Fsp3) is 0.471. The predicted octanol–water partition coefficient (Wildman–Crippen LogP) is 2.17. The maximum absolute atomic E-state index is 12.4. The topological polar surface area (TPSA) is 62.5 Å². The summed E-state index contributed by atoms with van der Waals surface area (Å²) >= 11 is 6.13. The third kappa shape index (κ3) is 4.13. The lowest BCUT2D eigenvalue weighted by Gasteiger charge is -2.34. The van der Waals surface area contributed by atoms with Gasteiger partial charge in [0.05, 0.1) is 13.0 Å². The van der Waals surface area contributed by atoms with Crippen molar-refractivity contribution in [3.8, 4) is 0 Å². The van der Waals surface area contributed by atoms with Crippen molar-refractivity contribution < 1.29 is 9.21 Å². The van der Waals surface area contributed by atoms with Crippen molar-refractivity contribution in [3.05, 3.63) is 46.6 Å². The highest BCUT2D eigenvalue weighted by Gasteiger charge is 2.22. The predicted molar refractivity (Wildman–Crippen MR) is 90.7 cm³/mol. The number of piperazine rings is 1. The van der Waals surface area contributed by atoms with E-state index < -0.39 is 0 Å². The molecule has 0 atom stereocenters. The quantitative estimate of drug-likeness (QED) is 0.828. The minimum absolute atomic E-state index is 0.119. The minimum Gasteiger partial charge on any atom is -0.424 e. The molecule has 1 aromatic heterocycles. The Hall–Kier alpha value is -1.92. The standard InChI is InChI=1S/C17H21ClN4O2/c1-2-15-19-20-16(24-15)12-21-7-9-22(10-8-21)17(23)11-13-5-3-4-6-14(13)18/h3-6H,2,7-12H2,1H3. The van der Waals surface area contributed by atoms with Gasteiger partial charge in [0.25, 0.3) is 0 Å². The summed E-state index contributed by atoms with van der Waals surface area (Å²) in [6.45, 7) is 5.65. The first-order chi connectivity index (χ1) is 11.7. The SMILES string of the molecule is CCc1nnc(CN2CCN(C(=O)Cc3ccccc3Cl)CC2)o1. The van der Waals surface area contributed by atoms with Gasteiger partial charge in [0.1, 0.15) is 0 Å². The molecule has 24 heavy (non-hydrogen) atoms. The second-order valence-corrected chi connectivity index (χ2v) is 6.28. The van der Waals surface area contributed by atoms with E-state index in [4.69, 9.17) is 16.0 Å². The van der Waals surface area contributed by atoms with Crippen molar-refractivity contribution in [2.24, 2.45) is 0 Å².